The van der Waals surface area contributed by atoms with Crippen molar-refractivity contribution in [3.8, 4) is 6.07 Å². The quantitative estimate of drug-likeness (QED) is 0.386. The van der Waals surface area contributed by atoms with Crippen LogP contribution < -0.4 is 16.4 Å². The summed E-state index contributed by atoms with van der Waals surface area (Å²) in [5.74, 6) is -0.204. The number of ether oxygens (including phenoxy) is 1. The summed E-state index contributed by atoms with van der Waals surface area (Å²) in [6.45, 7) is 6.74. The van der Waals surface area contributed by atoms with Gasteiger partial charge in [-0.05, 0) is 27.7 Å². The van der Waals surface area contributed by atoms with Gasteiger partial charge in [-0.25, -0.2) is 24.7 Å². The molecular formula is C16H22N8O3. The summed E-state index contributed by atoms with van der Waals surface area (Å²) in [5, 5.41) is 13.4. The molecule has 4 N–H and O–H groups in total. The second-order valence-electron chi connectivity index (χ2n) is 6.22. The number of amidine groups is 1. The average molecular weight is 374 g/mol. The van der Waals surface area contributed by atoms with E-state index in [-0.39, 0.29) is 23.9 Å². The Bertz CT molecular complexity index is 759. The zero-order valence-electron chi connectivity index (χ0n) is 15.6. The third-order valence-corrected chi connectivity index (χ3v) is 2.76. The van der Waals surface area contributed by atoms with E-state index >= 15 is 0 Å². The average Bonchev–Trinajstić information content (AvgIpc) is 2.58. The van der Waals surface area contributed by atoms with E-state index < -0.39 is 23.6 Å². The second-order valence-corrected chi connectivity index (χ2v) is 6.22. The van der Waals surface area contributed by atoms with Crippen LogP contribution >= 0.6 is 0 Å². The number of carbonyl (C=O) groups is 2. The molecule has 0 fully saturated rings. The van der Waals surface area contributed by atoms with Gasteiger partial charge in [0.05, 0.1) is 30.8 Å². The highest BCUT2D eigenvalue weighted by atomic mass is 16.6. The first-order valence-corrected chi connectivity index (χ1v) is 7.96. The number of carbonyl (C=O) groups excluding carboxylic acids is 2. The highest BCUT2D eigenvalue weighted by Crippen LogP contribution is 2.10. The van der Waals surface area contributed by atoms with E-state index in [4.69, 9.17) is 15.7 Å². The van der Waals surface area contributed by atoms with Gasteiger partial charge < -0.3 is 21.1 Å². The van der Waals surface area contributed by atoms with Crippen LogP contribution in [0.25, 0.3) is 0 Å². The molecule has 11 nitrogen and oxygen atoms in total. The molecule has 0 saturated carbocycles. The van der Waals surface area contributed by atoms with Crippen LogP contribution in [0, 0.1) is 11.3 Å². The smallest absolute Gasteiger partial charge is 0.408 e. The Hall–Kier alpha value is -3.55. The number of nitrogens with two attached hydrogens (primary N) is 1. The summed E-state index contributed by atoms with van der Waals surface area (Å²) < 4.78 is 5.18. The van der Waals surface area contributed by atoms with E-state index in [2.05, 4.69) is 30.6 Å². The number of hydrogen-bond donors (Lipinski definition) is 3. The van der Waals surface area contributed by atoms with Gasteiger partial charge in [-0.15, -0.1) is 0 Å². The maximum Gasteiger partial charge on any atom is 0.408 e. The minimum atomic E-state index is -0.647. The fourth-order valence-electron chi connectivity index (χ4n) is 1.69. The lowest BCUT2D eigenvalue weighted by Crippen LogP contribution is -2.41. The first-order valence-electron chi connectivity index (χ1n) is 7.96. The van der Waals surface area contributed by atoms with Crippen molar-refractivity contribution in [2.24, 2.45) is 15.7 Å². The summed E-state index contributed by atoms with van der Waals surface area (Å²) in [5.41, 5.74) is 4.72. The van der Waals surface area contributed by atoms with Crippen molar-refractivity contribution < 1.29 is 14.3 Å². The van der Waals surface area contributed by atoms with Crippen LogP contribution in [-0.4, -0.2) is 52.3 Å². The molecule has 1 aromatic rings. The lowest BCUT2D eigenvalue weighted by atomic mass is 10.2. The Labute approximate surface area is 156 Å². The zero-order chi connectivity index (χ0) is 20.4. The molecular weight excluding hydrogens is 352 g/mol. The molecule has 1 aromatic heterocycles. The SMILES string of the molecule is CC(NC(=O)OC(C)(C)C)C(N=CN)=Nc1cnc(C(=O)NCC#N)cn1. The molecule has 0 spiro atoms. The van der Waals surface area contributed by atoms with Gasteiger partial charge in [0.25, 0.3) is 5.91 Å². The number of nitriles is 1. The highest BCUT2D eigenvalue weighted by Gasteiger charge is 2.20. The van der Waals surface area contributed by atoms with Crippen molar-refractivity contribution in [3.05, 3.63) is 18.1 Å². The molecule has 144 valence electrons. The van der Waals surface area contributed by atoms with Gasteiger partial charge in [0.2, 0.25) is 0 Å². The van der Waals surface area contributed by atoms with Crippen molar-refractivity contribution >= 4 is 30.0 Å². The number of aliphatic imine (C=N–C) groups is 2. The molecule has 0 aliphatic rings. The summed E-state index contributed by atoms with van der Waals surface area (Å²) in [6.07, 6.45) is 2.86. The van der Waals surface area contributed by atoms with Crippen LogP contribution in [0.4, 0.5) is 10.6 Å². The third kappa shape index (κ3) is 7.91. The molecule has 0 aliphatic heterocycles. The van der Waals surface area contributed by atoms with Crippen LogP contribution in [0.2, 0.25) is 0 Å². The molecule has 2 amide bonds. The van der Waals surface area contributed by atoms with Crippen LogP contribution in [0.1, 0.15) is 38.2 Å². The first kappa shape index (κ1) is 21.5. The van der Waals surface area contributed by atoms with Gasteiger partial charge in [0, 0.05) is 0 Å². The third-order valence-electron chi connectivity index (χ3n) is 2.76. The van der Waals surface area contributed by atoms with E-state index in [0.717, 1.165) is 6.34 Å². The van der Waals surface area contributed by atoms with Crippen molar-refractivity contribution in [2.75, 3.05) is 6.54 Å². The van der Waals surface area contributed by atoms with Gasteiger partial charge in [-0.1, -0.05) is 0 Å². The predicted molar refractivity (Wildman–Crippen MR) is 98.6 cm³/mol. The van der Waals surface area contributed by atoms with Crippen molar-refractivity contribution in [3.63, 3.8) is 0 Å². The molecule has 27 heavy (non-hydrogen) atoms. The maximum absolute atomic E-state index is 11.9. The summed E-state index contributed by atoms with van der Waals surface area (Å²) in [6, 6.07) is 1.16. The Morgan fingerprint density at radius 3 is 2.63 bits per heavy atom. The van der Waals surface area contributed by atoms with Crippen LogP contribution in [0.15, 0.2) is 22.4 Å². The van der Waals surface area contributed by atoms with Crippen LogP contribution in [0.3, 0.4) is 0 Å². The summed E-state index contributed by atoms with van der Waals surface area (Å²) in [4.78, 5) is 39.6. The number of rotatable bonds is 5. The van der Waals surface area contributed by atoms with Crippen molar-refractivity contribution in [1.29, 1.82) is 5.26 Å². The second kappa shape index (κ2) is 9.81. The molecule has 1 unspecified atom stereocenters. The van der Waals surface area contributed by atoms with Gasteiger partial charge in [0.15, 0.2) is 11.7 Å². The Kier molecular flexibility index (Phi) is 7.81. The standard InChI is InChI=1S/C16H22N8O3/c1-10(23-15(26)27-16(2,3)4)13(22-9-18)24-12-8-20-11(7-21-12)14(25)19-6-5-17/h7-10H,6H2,1-4H3,(H,19,25)(H,23,26)(H2,18,21,22,24). The largest absolute Gasteiger partial charge is 0.444 e. The van der Waals surface area contributed by atoms with Crippen LogP contribution in [0.5, 0.6) is 0 Å². The predicted octanol–water partition coefficient (Wildman–Crippen LogP) is 0.660. The van der Waals surface area contributed by atoms with Gasteiger partial charge in [0.1, 0.15) is 17.8 Å². The van der Waals surface area contributed by atoms with Gasteiger partial charge in [-0.3, -0.25) is 4.79 Å². The van der Waals surface area contributed by atoms with E-state index in [1.54, 1.807) is 33.8 Å². The van der Waals surface area contributed by atoms with Crippen molar-refractivity contribution in [1.82, 2.24) is 20.6 Å². The number of nitrogens with one attached hydrogen (secondary N) is 2. The number of nitrogens with zero attached hydrogens (tertiary/aromatic N) is 5. The Balaban J connectivity index is 2.90. The summed E-state index contributed by atoms with van der Waals surface area (Å²) in [7, 11) is 0. The number of alkyl carbamates (subject to hydrolysis) is 1. The Morgan fingerprint density at radius 2 is 2.11 bits per heavy atom. The molecule has 1 rings (SSSR count). The topological polar surface area (TPSA) is 168 Å². The van der Waals surface area contributed by atoms with Crippen molar-refractivity contribution in [2.45, 2.75) is 39.3 Å². The number of hydrogen-bond acceptors (Lipinski definition) is 7. The molecule has 1 atom stereocenters. The number of amides is 2. The fourth-order valence-corrected chi connectivity index (χ4v) is 1.69. The highest BCUT2D eigenvalue weighted by molar-refractivity contribution is 5.96. The first-order chi connectivity index (χ1) is 12.7. The molecule has 0 radical (unpaired) electrons. The summed E-state index contributed by atoms with van der Waals surface area (Å²) >= 11 is 0. The van der Waals surface area contributed by atoms with E-state index in [9.17, 15) is 9.59 Å². The van der Waals surface area contributed by atoms with E-state index in [0.29, 0.717) is 0 Å². The van der Waals surface area contributed by atoms with E-state index in [1.165, 1.54) is 12.4 Å². The zero-order valence-corrected chi connectivity index (χ0v) is 15.6. The van der Waals surface area contributed by atoms with E-state index in [1.807, 2.05) is 0 Å². The van der Waals surface area contributed by atoms with Gasteiger partial charge in [-0.2, -0.15) is 5.26 Å². The molecule has 0 aromatic carbocycles. The molecule has 0 bridgehead atoms. The minimum Gasteiger partial charge on any atom is -0.444 e. The molecule has 0 saturated heterocycles. The lowest BCUT2D eigenvalue weighted by Gasteiger charge is -2.21. The van der Waals surface area contributed by atoms with Crippen LogP contribution in [-0.2, 0) is 4.74 Å². The minimum absolute atomic E-state index is 0.0352. The molecule has 0 aliphatic carbocycles. The van der Waals surface area contributed by atoms with Gasteiger partial charge >= 0.3 is 6.09 Å². The lowest BCUT2D eigenvalue weighted by molar-refractivity contribution is 0.0521. The Morgan fingerprint density at radius 1 is 1.41 bits per heavy atom. The monoisotopic (exact) mass is 374 g/mol. The normalized spacial score (nSPS) is 12.9. The molecule has 11 heteroatoms. The number of aromatic nitrogens is 2. The fraction of sp³-hybridized carbons (Fsp3) is 0.438. The molecule has 1 heterocycles. The maximum atomic E-state index is 11.9.